The van der Waals surface area contributed by atoms with Crippen LogP contribution in [0.25, 0.3) is 11.0 Å². The fourth-order valence-corrected chi connectivity index (χ4v) is 1.25. The van der Waals surface area contributed by atoms with Gasteiger partial charge in [-0.3, -0.25) is 9.59 Å². The number of benzene rings is 1. The SMILES string of the molecule is O=Cc1coc2cccc(O)c2c1=O. The highest BCUT2D eigenvalue weighted by Gasteiger charge is 2.09. The molecule has 4 heteroatoms. The Morgan fingerprint density at radius 2 is 2.14 bits per heavy atom. The largest absolute Gasteiger partial charge is 0.507 e. The van der Waals surface area contributed by atoms with Crippen molar-refractivity contribution in [1.29, 1.82) is 0 Å². The summed E-state index contributed by atoms with van der Waals surface area (Å²) in [5, 5.41) is 9.44. The van der Waals surface area contributed by atoms with Crippen molar-refractivity contribution >= 4 is 17.3 Å². The molecule has 1 N–H and O–H groups in total. The van der Waals surface area contributed by atoms with Crippen LogP contribution in [0.2, 0.25) is 0 Å². The van der Waals surface area contributed by atoms with Gasteiger partial charge >= 0.3 is 0 Å². The van der Waals surface area contributed by atoms with Gasteiger partial charge in [0.1, 0.15) is 23.0 Å². The van der Waals surface area contributed by atoms with Gasteiger partial charge in [0, 0.05) is 0 Å². The van der Waals surface area contributed by atoms with Crippen LogP contribution in [0, 0.1) is 0 Å². The molecule has 0 spiro atoms. The van der Waals surface area contributed by atoms with E-state index in [9.17, 15) is 14.7 Å². The van der Waals surface area contributed by atoms with Gasteiger partial charge in [0.15, 0.2) is 6.29 Å². The van der Waals surface area contributed by atoms with E-state index in [4.69, 9.17) is 4.42 Å². The van der Waals surface area contributed by atoms with Crippen LogP contribution in [0.4, 0.5) is 0 Å². The molecule has 2 rings (SSSR count). The van der Waals surface area contributed by atoms with Gasteiger partial charge < -0.3 is 9.52 Å². The van der Waals surface area contributed by atoms with Crippen molar-refractivity contribution in [2.24, 2.45) is 0 Å². The normalized spacial score (nSPS) is 10.3. The first-order chi connectivity index (χ1) is 6.74. The average Bonchev–Trinajstić information content (AvgIpc) is 2.18. The molecule has 0 aliphatic carbocycles. The van der Waals surface area contributed by atoms with E-state index < -0.39 is 5.43 Å². The molecule has 70 valence electrons. The molecule has 2 aromatic rings. The van der Waals surface area contributed by atoms with Gasteiger partial charge in [0.2, 0.25) is 5.43 Å². The van der Waals surface area contributed by atoms with E-state index in [1.54, 1.807) is 12.1 Å². The van der Waals surface area contributed by atoms with Crippen LogP contribution in [0.1, 0.15) is 10.4 Å². The second-order valence-electron chi connectivity index (χ2n) is 2.79. The molecule has 0 atom stereocenters. The van der Waals surface area contributed by atoms with Crippen molar-refractivity contribution in [3.63, 3.8) is 0 Å². The average molecular weight is 190 g/mol. The Morgan fingerprint density at radius 3 is 2.86 bits per heavy atom. The number of fused-ring (bicyclic) bond motifs is 1. The van der Waals surface area contributed by atoms with Gasteiger partial charge in [-0.05, 0) is 12.1 Å². The summed E-state index contributed by atoms with van der Waals surface area (Å²) in [4.78, 5) is 22.0. The smallest absolute Gasteiger partial charge is 0.206 e. The van der Waals surface area contributed by atoms with Crippen molar-refractivity contribution in [2.45, 2.75) is 0 Å². The lowest BCUT2D eigenvalue weighted by Gasteiger charge is -1.98. The first-order valence-electron chi connectivity index (χ1n) is 3.92. The van der Waals surface area contributed by atoms with Crippen molar-refractivity contribution in [1.82, 2.24) is 0 Å². The lowest BCUT2D eigenvalue weighted by Crippen LogP contribution is -2.07. The second kappa shape index (κ2) is 2.99. The molecule has 1 heterocycles. The Hall–Kier alpha value is -2.10. The first-order valence-corrected chi connectivity index (χ1v) is 3.92. The van der Waals surface area contributed by atoms with Gasteiger partial charge in [-0.15, -0.1) is 0 Å². The van der Waals surface area contributed by atoms with Gasteiger partial charge in [0.05, 0.1) is 5.56 Å². The van der Waals surface area contributed by atoms with Crippen molar-refractivity contribution in [3.8, 4) is 5.75 Å². The van der Waals surface area contributed by atoms with Gasteiger partial charge in [-0.1, -0.05) is 6.07 Å². The number of aromatic hydroxyl groups is 1. The first kappa shape index (κ1) is 8.50. The molecule has 0 saturated carbocycles. The number of phenols is 1. The summed E-state index contributed by atoms with van der Waals surface area (Å²) in [6.45, 7) is 0. The monoisotopic (exact) mass is 190 g/mol. The summed E-state index contributed by atoms with van der Waals surface area (Å²) < 4.78 is 5.00. The van der Waals surface area contributed by atoms with Crippen LogP contribution in [-0.2, 0) is 0 Å². The molecule has 0 unspecified atom stereocenters. The maximum absolute atomic E-state index is 11.5. The van der Waals surface area contributed by atoms with Crippen LogP contribution in [0.15, 0.2) is 33.7 Å². The van der Waals surface area contributed by atoms with Crippen LogP contribution < -0.4 is 5.43 Å². The highest BCUT2D eigenvalue weighted by Crippen LogP contribution is 2.20. The molecule has 0 radical (unpaired) electrons. The molecule has 0 saturated heterocycles. The lowest BCUT2D eigenvalue weighted by atomic mass is 10.1. The summed E-state index contributed by atoms with van der Waals surface area (Å²) in [6.07, 6.45) is 1.48. The number of hydrogen-bond acceptors (Lipinski definition) is 4. The summed E-state index contributed by atoms with van der Waals surface area (Å²) in [7, 11) is 0. The van der Waals surface area contributed by atoms with Crippen LogP contribution in [-0.4, -0.2) is 11.4 Å². The van der Waals surface area contributed by atoms with E-state index >= 15 is 0 Å². The molecule has 1 aromatic carbocycles. The molecule has 4 nitrogen and oxygen atoms in total. The zero-order valence-electron chi connectivity index (χ0n) is 7.06. The number of phenolic OH excluding ortho intramolecular Hbond substituents is 1. The molecule has 14 heavy (non-hydrogen) atoms. The quantitative estimate of drug-likeness (QED) is 0.688. The number of aldehydes is 1. The molecule has 0 amide bonds. The van der Waals surface area contributed by atoms with Crippen molar-refractivity contribution in [2.75, 3.05) is 0 Å². The van der Waals surface area contributed by atoms with E-state index in [0.29, 0.717) is 6.29 Å². The van der Waals surface area contributed by atoms with Crippen LogP contribution >= 0.6 is 0 Å². The molecule has 0 bridgehead atoms. The Labute approximate surface area is 78.4 Å². The molecule has 0 aliphatic heterocycles. The summed E-state index contributed by atoms with van der Waals surface area (Å²) in [5.74, 6) is -0.181. The number of carbonyl (C=O) groups excluding carboxylic acids is 1. The minimum atomic E-state index is -0.514. The van der Waals surface area contributed by atoms with Crippen LogP contribution in [0.3, 0.4) is 0 Å². The molecule has 0 aliphatic rings. The molecule has 0 fully saturated rings. The zero-order valence-corrected chi connectivity index (χ0v) is 7.06. The minimum Gasteiger partial charge on any atom is -0.507 e. The fourth-order valence-electron chi connectivity index (χ4n) is 1.25. The Kier molecular flexibility index (Phi) is 1.81. The standard InChI is InChI=1S/C10H6O4/c11-4-6-5-14-8-3-1-2-7(12)9(8)10(6)13/h1-5,12H. The van der Waals surface area contributed by atoms with Crippen molar-refractivity contribution in [3.05, 3.63) is 40.2 Å². The summed E-state index contributed by atoms with van der Waals surface area (Å²) in [6, 6.07) is 4.47. The second-order valence-corrected chi connectivity index (χ2v) is 2.79. The summed E-state index contributed by atoms with van der Waals surface area (Å²) in [5.41, 5.74) is -0.348. The maximum Gasteiger partial charge on any atom is 0.206 e. The number of hydrogen-bond donors (Lipinski definition) is 1. The van der Waals surface area contributed by atoms with Gasteiger partial charge in [-0.2, -0.15) is 0 Å². The Bertz CT molecular complexity index is 554. The highest BCUT2D eigenvalue weighted by molar-refractivity contribution is 5.87. The van der Waals surface area contributed by atoms with E-state index in [-0.39, 0.29) is 22.3 Å². The minimum absolute atomic E-state index is 0.0390. The molecule has 1 aromatic heterocycles. The maximum atomic E-state index is 11.5. The van der Waals surface area contributed by atoms with E-state index in [1.807, 2.05) is 0 Å². The topological polar surface area (TPSA) is 67.5 Å². The van der Waals surface area contributed by atoms with Crippen LogP contribution in [0.5, 0.6) is 5.75 Å². The van der Waals surface area contributed by atoms with E-state index in [0.717, 1.165) is 6.26 Å². The zero-order chi connectivity index (χ0) is 10.1. The summed E-state index contributed by atoms with van der Waals surface area (Å²) >= 11 is 0. The molecular weight excluding hydrogens is 184 g/mol. The lowest BCUT2D eigenvalue weighted by molar-refractivity contribution is 0.112. The Morgan fingerprint density at radius 1 is 1.36 bits per heavy atom. The van der Waals surface area contributed by atoms with Gasteiger partial charge in [0.25, 0.3) is 0 Å². The number of carbonyl (C=O) groups is 1. The van der Waals surface area contributed by atoms with E-state index in [1.165, 1.54) is 6.07 Å². The highest BCUT2D eigenvalue weighted by atomic mass is 16.3. The third kappa shape index (κ3) is 1.08. The van der Waals surface area contributed by atoms with Gasteiger partial charge in [-0.25, -0.2) is 0 Å². The third-order valence-electron chi connectivity index (χ3n) is 1.93. The third-order valence-corrected chi connectivity index (χ3v) is 1.93. The van der Waals surface area contributed by atoms with E-state index in [2.05, 4.69) is 0 Å². The predicted octanol–water partition coefficient (Wildman–Crippen LogP) is 1.31. The molecular formula is C10H6O4. The van der Waals surface area contributed by atoms with Crippen molar-refractivity contribution < 1.29 is 14.3 Å². The fraction of sp³-hybridized carbons (Fsp3) is 0. The predicted molar refractivity (Wildman–Crippen MR) is 49.5 cm³/mol. The number of rotatable bonds is 1. The Balaban J connectivity index is 3.01.